The molecule has 0 amide bonds. The molecule has 0 aromatic carbocycles. The third-order valence-electron chi connectivity index (χ3n) is 1.79. The van der Waals surface area contributed by atoms with Crippen LogP contribution in [0.3, 0.4) is 0 Å². The molecule has 0 radical (unpaired) electrons. The summed E-state index contributed by atoms with van der Waals surface area (Å²) >= 11 is 0. The lowest BCUT2D eigenvalue weighted by Gasteiger charge is -2.00. The van der Waals surface area contributed by atoms with Gasteiger partial charge < -0.3 is 4.74 Å². The topological polar surface area (TPSA) is 43.4 Å². The highest BCUT2D eigenvalue weighted by molar-refractivity contribution is 7.91. The van der Waals surface area contributed by atoms with Crippen LogP contribution < -0.4 is 0 Å². The third-order valence-corrected chi connectivity index (χ3v) is 3.55. The van der Waals surface area contributed by atoms with E-state index in [2.05, 4.69) is 0 Å². The fraction of sp³-hybridized carbons (Fsp3) is 1.00. The second kappa shape index (κ2) is 3.54. The van der Waals surface area contributed by atoms with Gasteiger partial charge in [-0.1, -0.05) is 0 Å². The van der Waals surface area contributed by atoms with Gasteiger partial charge in [-0.25, -0.2) is 8.42 Å². The molecule has 0 aromatic rings. The summed E-state index contributed by atoms with van der Waals surface area (Å²) in [6.07, 6.45) is 2.18. The summed E-state index contributed by atoms with van der Waals surface area (Å²) < 4.78 is 27.0. The van der Waals surface area contributed by atoms with Gasteiger partial charge in [-0.3, -0.25) is 0 Å². The van der Waals surface area contributed by atoms with Crippen LogP contribution in [0.25, 0.3) is 0 Å². The molecule has 0 heterocycles. The van der Waals surface area contributed by atoms with Crippen LogP contribution in [0.1, 0.15) is 12.8 Å². The molecule has 0 aromatic heterocycles. The van der Waals surface area contributed by atoms with Gasteiger partial charge in [0.15, 0.2) is 9.84 Å². The van der Waals surface area contributed by atoms with Gasteiger partial charge in [0.1, 0.15) is 0 Å². The first-order valence-electron chi connectivity index (χ1n) is 3.83. The maximum atomic E-state index is 11.2. The summed E-state index contributed by atoms with van der Waals surface area (Å²) in [7, 11) is -1.29. The van der Waals surface area contributed by atoms with E-state index in [1.165, 1.54) is 7.11 Å². The Bertz CT molecular complexity index is 204. The maximum Gasteiger partial charge on any atom is 0.152 e. The lowest BCUT2D eigenvalue weighted by atomic mass is 10.5. The van der Waals surface area contributed by atoms with E-state index < -0.39 is 9.84 Å². The predicted molar refractivity (Wildman–Crippen MR) is 43.3 cm³/mol. The van der Waals surface area contributed by atoms with Crippen LogP contribution in [0, 0.1) is 5.92 Å². The van der Waals surface area contributed by atoms with Crippen molar-refractivity contribution in [2.75, 3.05) is 25.2 Å². The number of hydrogen-bond donors (Lipinski definition) is 0. The molecule has 0 bridgehead atoms. The molecule has 11 heavy (non-hydrogen) atoms. The smallest absolute Gasteiger partial charge is 0.152 e. The van der Waals surface area contributed by atoms with Crippen LogP contribution in [0.15, 0.2) is 0 Å². The summed E-state index contributed by atoms with van der Waals surface area (Å²) in [6.45, 7) is 0.328. The van der Waals surface area contributed by atoms with Gasteiger partial charge in [0.25, 0.3) is 0 Å². The van der Waals surface area contributed by atoms with E-state index in [1.807, 2.05) is 0 Å². The highest BCUT2D eigenvalue weighted by Crippen LogP contribution is 2.30. The average molecular weight is 178 g/mol. The van der Waals surface area contributed by atoms with E-state index in [9.17, 15) is 8.42 Å². The zero-order valence-corrected chi connectivity index (χ0v) is 7.56. The van der Waals surface area contributed by atoms with Gasteiger partial charge in [0.05, 0.1) is 18.1 Å². The van der Waals surface area contributed by atoms with E-state index in [1.54, 1.807) is 0 Å². The van der Waals surface area contributed by atoms with Gasteiger partial charge in [0.2, 0.25) is 0 Å². The van der Waals surface area contributed by atoms with Gasteiger partial charge >= 0.3 is 0 Å². The molecule has 1 aliphatic carbocycles. The van der Waals surface area contributed by atoms with Gasteiger partial charge in [0, 0.05) is 7.11 Å². The van der Waals surface area contributed by atoms with E-state index >= 15 is 0 Å². The highest BCUT2D eigenvalue weighted by atomic mass is 32.2. The maximum absolute atomic E-state index is 11.2. The zero-order valence-electron chi connectivity index (χ0n) is 6.75. The van der Waals surface area contributed by atoms with Crippen LogP contribution in [0.4, 0.5) is 0 Å². The fourth-order valence-electron chi connectivity index (χ4n) is 0.937. The van der Waals surface area contributed by atoms with E-state index in [0.29, 0.717) is 18.3 Å². The first-order chi connectivity index (χ1) is 5.14. The molecule has 0 spiro atoms. The van der Waals surface area contributed by atoms with Gasteiger partial charge in [-0.15, -0.1) is 0 Å². The van der Waals surface area contributed by atoms with Crippen LogP contribution >= 0.6 is 0 Å². The standard InChI is InChI=1S/C7H14O3S/c1-10-4-5-11(8,9)6-7-2-3-7/h7H,2-6H2,1H3. The van der Waals surface area contributed by atoms with Crippen molar-refractivity contribution in [1.82, 2.24) is 0 Å². The molecule has 1 rings (SSSR count). The molecule has 0 unspecified atom stereocenters. The van der Waals surface area contributed by atoms with E-state index in [-0.39, 0.29) is 5.75 Å². The minimum Gasteiger partial charge on any atom is -0.384 e. The van der Waals surface area contributed by atoms with Crippen molar-refractivity contribution in [3.05, 3.63) is 0 Å². The van der Waals surface area contributed by atoms with Crippen molar-refractivity contribution in [3.8, 4) is 0 Å². The molecule has 1 aliphatic rings. The van der Waals surface area contributed by atoms with Gasteiger partial charge in [-0.05, 0) is 18.8 Å². The highest BCUT2D eigenvalue weighted by Gasteiger charge is 2.27. The summed E-state index contributed by atoms with van der Waals surface area (Å²) in [5, 5.41) is 0. The predicted octanol–water partition coefficient (Wildman–Crippen LogP) is 0.458. The Kier molecular flexibility index (Phi) is 2.90. The Balaban J connectivity index is 2.26. The van der Waals surface area contributed by atoms with Crippen molar-refractivity contribution in [2.45, 2.75) is 12.8 Å². The molecule has 0 atom stereocenters. The molecule has 4 heteroatoms. The van der Waals surface area contributed by atoms with Crippen molar-refractivity contribution in [1.29, 1.82) is 0 Å². The van der Waals surface area contributed by atoms with Crippen molar-refractivity contribution >= 4 is 9.84 Å². The minimum absolute atomic E-state index is 0.181. The largest absolute Gasteiger partial charge is 0.384 e. The molecule has 1 fully saturated rings. The summed E-state index contributed by atoms with van der Waals surface area (Å²) in [5.41, 5.74) is 0. The Hall–Kier alpha value is -0.0900. The molecule has 66 valence electrons. The van der Waals surface area contributed by atoms with E-state index in [0.717, 1.165) is 12.8 Å². The van der Waals surface area contributed by atoms with Crippen LogP contribution in [-0.4, -0.2) is 33.6 Å². The normalized spacial score (nSPS) is 18.6. The Morgan fingerprint density at radius 2 is 2.09 bits per heavy atom. The van der Waals surface area contributed by atoms with Crippen molar-refractivity contribution < 1.29 is 13.2 Å². The van der Waals surface area contributed by atoms with Crippen LogP contribution in [0.2, 0.25) is 0 Å². The number of sulfone groups is 1. The molecular weight excluding hydrogens is 164 g/mol. The Morgan fingerprint density at radius 1 is 1.45 bits per heavy atom. The summed E-state index contributed by atoms with van der Waals surface area (Å²) in [5.74, 6) is 1.01. The summed E-state index contributed by atoms with van der Waals surface area (Å²) in [4.78, 5) is 0. The molecule has 3 nitrogen and oxygen atoms in total. The Morgan fingerprint density at radius 3 is 2.55 bits per heavy atom. The first kappa shape index (κ1) is 9.00. The van der Waals surface area contributed by atoms with Crippen molar-refractivity contribution in [2.24, 2.45) is 5.92 Å². The molecule has 0 aliphatic heterocycles. The monoisotopic (exact) mass is 178 g/mol. The minimum atomic E-state index is -2.81. The van der Waals surface area contributed by atoms with E-state index in [4.69, 9.17) is 4.74 Å². The van der Waals surface area contributed by atoms with Crippen molar-refractivity contribution in [3.63, 3.8) is 0 Å². The molecule has 1 saturated carbocycles. The van der Waals surface area contributed by atoms with Gasteiger partial charge in [-0.2, -0.15) is 0 Å². The van der Waals surface area contributed by atoms with Crippen LogP contribution in [0.5, 0.6) is 0 Å². The summed E-state index contributed by atoms with van der Waals surface area (Å²) in [6, 6.07) is 0. The average Bonchev–Trinajstić information content (AvgIpc) is 2.67. The number of ether oxygens (including phenoxy) is 1. The molecule has 0 N–H and O–H groups in total. The second-order valence-corrected chi connectivity index (χ2v) is 5.28. The third kappa shape index (κ3) is 3.72. The lowest BCUT2D eigenvalue weighted by molar-refractivity contribution is 0.217. The number of rotatable bonds is 5. The molecular formula is C7H14O3S. The fourth-order valence-corrected chi connectivity index (χ4v) is 2.58. The number of methoxy groups -OCH3 is 1. The molecule has 0 saturated heterocycles. The lowest BCUT2D eigenvalue weighted by Crippen LogP contribution is -2.15. The second-order valence-electron chi connectivity index (χ2n) is 3.05. The first-order valence-corrected chi connectivity index (χ1v) is 5.65. The zero-order chi connectivity index (χ0) is 8.32. The van der Waals surface area contributed by atoms with Crippen LogP contribution in [-0.2, 0) is 14.6 Å². The quantitative estimate of drug-likeness (QED) is 0.614. The number of hydrogen-bond acceptors (Lipinski definition) is 3. The Labute approximate surface area is 67.7 Å². The SMILES string of the molecule is COCCS(=O)(=O)CC1CC1.